The van der Waals surface area contributed by atoms with Crippen molar-refractivity contribution in [3.8, 4) is 0 Å². The third kappa shape index (κ3) is 3.81. The first-order valence-corrected chi connectivity index (χ1v) is 7.57. The summed E-state index contributed by atoms with van der Waals surface area (Å²) in [5.41, 5.74) is 1.55. The molecule has 1 aromatic rings. The van der Waals surface area contributed by atoms with Crippen molar-refractivity contribution in [1.82, 2.24) is 10.6 Å². The normalized spacial score (nSPS) is 20.9. The lowest BCUT2D eigenvalue weighted by Crippen LogP contribution is -2.47. The number of benzene rings is 1. The molecule has 1 fully saturated rings. The number of hydrogen-bond donors (Lipinski definition) is 2. The Labute approximate surface area is 119 Å². The van der Waals surface area contributed by atoms with Gasteiger partial charge in [0.2, 0.25) is 0 Å². The zero-order valence-corrected chi connectivity index (χ0v) is 12.9. The fraction of sp³-hybridized carbons (Fsp3) is 0.600. The average Bonchev–Trinajstić information content (AvgIpc) is 2.38. The molecule has 18 heavy (non-hydrogen) atoms. The predicted molar refractivity (Wildman–Crippen MR) is 81.1 cm³/mol. The quantitative estimate of drug-likeness (QED) is 0.893. The molecule has 0 aromatic heterocycles. The van der Waals surface area contributed by atoms with E-state index in [1.165, 1.54) is 24.9 Å². The zero-order valence-electron chi connectivity index (χ0n) is 11.3. The van der Waals surface area contributed by atoms with Gasteiger partial charge in [0.05, 0.1) is 0 Å². The van der Waals surface area contributed by atoms with E-state index >= 15 is 0 Å². The van der Waals surface area contributed by atoms with Gasteiger partial charge in [0.25, 0.3) is 0 Å². The molecule has 0 amide bonds. The van der Waals surface area contributed by atoms with Crippen molar-refractivity contribution >= 4 is 15.9 Å². The highest BCUT2D eigenvalue weighted by Crippen LogP contribution is 2.25. The largest absolute Gasteiger partial charge is 0.315 e. The molecule has 3 heteroatoms. The number of nitrogens with one attached hydrogen (secondary N) is 2. The van der Waals surface area contributed by atoms with E-state index in [2.05, 4.69) is 64.7 Å². The topological polar surface area (TPSA) is 24.1 Å². The summed E-state index contributed by atoms with van der Waals surface area (Å²) in [6, 6.07) is 9.26. The molecular weight excluding hydrogens is 288 g/mol. The standard InChI is InChI=1S/C15H23BrN2/c1-15(2,12-5-3-6-13(16)9-12)11-18-14-7-4-8-17-10-14/h3,5-6,9,14,17-18H,4,7-8,10-11H2,1-2H3. The highest BCUT2D eigenvalue weighted by molar-refractivity contribution is 9.10. The van der Waals surface area contributed by atoms with E-state index in [9.17, 15) is 0 Å². The van der Waals surface area contributed by atoms with Crippen LogP contribution < -0.4 is 10.6 Å². The maximum absolute atomic E-state index is 3.70. The molecule has 1 atom stereocenters. The molecule has 1 unspecified atom stereocenters. The van der Waals surface area contributed by atoms with Crippen molar-refractivity contribution in [2.24, 2.45) is 0 Å². The smallest absolute Gasteiger partial charge is 0.0193 e. The first-order chi connectivity index (χ1) is 8.58. The molecule has 1 aliphatic rings. The third-order valence-corrected chi connectivity index (χ3v) is 4.23. The van der Waals surface area contributed by atoms with Crippen LogP contribution in [0.2, 0.25) is 0 Å². The molecule has 1 heterocycles. The molecule has 0 saturated carbocycles. The Morgan fingerprint density at radius 3 is 2.94 bits per heavy atom. The lowest BCUT2D eigenvalue weighted by molar-refractivity contribution is 0.354. The maximum Gasteiger partial charge on any atom is 0.0193 e. The van der Waals surface area contributed by atoms with Crippen molar-refractivity contribution in [1.29, 1.82) is 0 Å². The van der Waals surface area contributed by atoms with E-state index in [0.717, 1.165) is 17.6 Å². The Hall–Kier alpha value is -0.380. The summed E-state index contributed by atoms with van der Waals surface area (Å²) in [6.07, 6.45) is 2.58. The van der Waals surface area contributed by atoms with E-state index < -0.39 is 0 Å². The summed E-state index contributed by atoms with van der Waals surface area (Å²) in [5, 5.41) is 7.15. The second-order valence-corrected chi connectivity index (χ2v) is 6.73. The second kappa shape index (κ2) is 6.18. The summed E-state index contributed by atoms with van der Waals surface area (Å²) in [7, 11) is 0. The number of halogens is 1. The summed E-state index contributed by atoms with van der Waals surface area (Å²) in [5.74, 6) is 0. The fourth-order valence-electron chi connectivity index (χ4n) is 2.44. The van der Waals surface area contributed by atoms with Crippen LogP contribution in [0.15, 0.2) is 28.7 Å². The van der Waals surface area contributed by atoms with Gasteiger partial charge in [-0.3, -0.25) is 0 Å². The van der Waals surface area contributed by atoms with Crippen LogP contribution >= 0.6 is 15.9 Å². The Kier molecular flexibility index (Phi) is 4.82. The van der Waals surface area contributed by atoms with Crippen molar-refractivity contribution in [2.45, 2.75) is 38.1 Å². The van der Waals surface area contributed by atoms with Crippen molar-refractivity contribution < 1.29 is 0 Å². The van der Waals surface area contributed by atoms with E-state index in [1.807, 2.05) is 0 Å². The van der Waals surface area contributed by atoms with Crippen LogP contribution in [0.1, 0.15) is 32.3 Å². The van der Waals surface area contributed by atoms with Gasteiger partial charge in [0.1, 0.15) is 0 Å². The Morgan fingerprint density at radius 2 is 2.28 bits per heavy atom. The van der Waals surface area contributed by atoms with Crippen molar-refractivity contribution in [3.05, 3.63) is 34.3 Å². The Bertz CT molecular complexity index is 384. The van der Waals surface area contributed by atoms with Crippen molar-refractivity contribution in [3.63, 3.8) is 0 Å². The minimum Gasteiger partial charge on any atom is -0.315 e. The first kappa shape index (κ1) is 14.0. The van der Waals surface area contributed by atoms with Gasteiger partial charge in [-0.2, -0.15) is 0 Å². The van der Waals surface area contributed by atoms with Gasteiger partial charge >= 0.3 is 0 Å². The summed E-state index contributed by atoms with van der Waals surface area (Å²) in [6.45, 7) is 7.91. The SMILES string of the molecule is CC(C)(CNC1CCCNC1)c1cccc(Br)c1. The van der Waals surface area contributed by atoms with Gasteiger partial charge in [-0.25, -0.2) is 0 Å². The maximum atomic E-state index is 3.70. The van der Waals surface area contributed by atoms with Crippen LogP contribution in [0.25, 0.3) is 0 Å². The van der Waals surface area contributed by atoms with Gasteiger partial charge in [0.15, 0.2) is 0 Å². The second-order valence-electron chi connectivity index (χ2n) is 5.82. The summed E-state index contributed by atoms with van der Waals surface area (Å²) < 4.78 is 1.16. The van der Waals surface area contributed by atoms with Crippen LogP contribution in [0.3, 0.4) is 0 Å². The molecule has 1 saturated heterocycles. The molecular formula is C15H23BrN2. The molecule has 0 radical (unpaired) electrons. The molecule has 1 aliphatic heterocycles. The minimum atomic E-state index is 0.168. The van der Waals surface area contributed by atoms with E-state index in [0.29, 0.717) is 6.04 Å². The number of rotatable bonds is 4. The van der Waals surface area contributed by atoms with Crippen LogP contribution in [-0.4, -0.2) is 25.7 Å². The van der Waals surface area contributed by atoms with Crippen LogP contribution in [0.5, 0.6) is 0 Å². The van der Waals surface area contributed by atoms with E-state index in [-0.39, 0.29) is 5.41 Å². The van der Waals surface area contributed by atoms with E-state index in [4.69, 9.17) is 0 Å². The van der Waals surface area contributed by atoms with Gasteiger partial charge in [-0.05, 0) is 37.1 Å². The summed E-state index contributed by atoms with van der Waals surface area (Å²) >= 11 is 3.55. The number of piperidine rings is 1. The molecule has 2 rings (SSSR count). The zero-order chi connectivity index (χ0) is 13.0. The lowest BCUT2D eigenvalue weighted by atomic mass is 9.84. The van der Waals surface area contributed by atoms with Gasteiger partial charge in [-0.15, -0.1) is 0 Å². The lowest BCUT2D eigenvalue weighted by Gasteiger charge is -2.31. The van der Waals surface area contributed by atoms with Gasteiger partial charge < -0.3 is 10.6 Å². The van der Waals surface area contributed by atoms with Crippen LogP contribution in [0, 0.1) is 0 Å². The fourth-order valence-corrected chi connectivity index (χ4v) is 2.84. The molecule has 0 bridgehead atoms. The Morgan fingerprint density at radius 1 is 1.44 bits per heavy atom. The average molecular weight is 311 g/mol. The Balaban J connectivity index is 1.94. The molecule has 1 aromatic carbocycles. The minimum absolute atomic E-state index is 0.168. The summed E-state index contributed by atoms with van der Waals surface area (Å²) in [4.78, 5) is 0. The third-order valence-electron chi connectivity index (χ3n) is 3.74. The molecule has 0 aliphatic carbocycles. The predicted octanol–water partition coefficient (Wildman–Crippen LogP) is 3.07. The van der Waals surface area contributed by atoms with Gasteiger partial charge in [-0.1, -0.05) is 41.9 Å². The molecule has 0 spiro atoms. The number of hydrogen-bond acceptors (Lipinski definition) is 2. The van der Waals surface area contributed by atoms with Crippen LogP contribution in [0.4, 0.5) is 0 Å². The highest BCUT2D eigenvalue weighted by Gasteiger charge is 2.22. The molecule has 100 valence electrons. The molecule has 2 nitrogen and oxygen atoms in total. The highest BCUT2D eigenvalue weighted by atomic mass is 79.9. The van der Waals surface area contributed by atoms with Gasteiger partial charge in [0, 0.05) is 29.0 Å². The molecule has 2 N–H and O–H groups in total. The van der Waals surface area contributed by atoms with E-state index in [1.54, 1.807) is 0 Å². The van der Waals surface area contributed by atoms with Crippen LogP contribution in [-0.2, 0) is 5.41 Å². The van der Waals surface area contributed by atoms with Crippen molar-refractivity contribution in [2.75, 3.05) is 19.6 Å². The monoisotopic (exact) mass is 310 g/mol. The first-order valence-electron chi connectivity index (χ1n) is 6.78.